The largest absolute Gasteiger partial charge is 0.468 e. The zero-order valence-corrected chi connectivity index (χ0v) is 13.3. The van der Waals surface area contributed by atoms with E-state index in [9.17, 15) is 13.6 Å². The van der Waals surface area contributed by atoms with Gasteiger partial charge in [0.05, 0.1) is 49.5 Å². The molecule has 0 spiro atoms. The van der Waals surface area contributed by atoms with Crippen LogP contribution < -0.4 is 0 Å². The number of carbonyl (C=O) groups is 1. The Kier molecular flexibility index (Phi) is 3.45. The van der Waals surface area contributed by atoms with E-state index in [0.717, 1.165) is 17.1 Å². The fourth-order valence-corrected chi connectivity index (χ4v) is 3.50. The van der Waals surface area contributed by atoms with Crippen molar-refractivity contribution >= 4 is 5.91 Å². The van der Waals surface area contributed by atoms with Gasteiger partial charge in [-0.05, 0) is 12.1 Å². The van der Waals surface area contributed by atoms with Crippen LogP contribution in [0.1, 0.15) is 23.1 Å². The summed E-state index contributed by atoms with van der Waals surface area (Å²) in [5.41, 5.74) is 1.65. The van der Waals surface area contributed by atoms with E-state index in [4.69, 9.17) is 4.42 Å². The van der Waals surface area contributed by atoms with Gasteiger partial charge in [0.2, 0.25) is 5.91 Å². The molecule has 0 saturated carbocycles. The summed E-state index contributed by atoms with van der Waals surface area (Å²) in [5, 5.41) is 0. The van der Waals surface area contributed by atoms with E-state index in [1.54, 1.807) is 12.6 Å². The first-order valence-corrected chi connectivity index (χ1v) is 7.84. The van der Waals surface area contributed by atoms with Crippen LogP contribution in [-0.2, 0) is 24.9 Å². The highest BCUT2D eigenvalue weighted by atomic mass is 19.3. The van der Waals surface area contributed by atoms with E-state index in [-0.39, 0.29) is 5.91 Å². The van der Waals surface area contributed by atoms with Gasteiger partial charge in [-0.3, -0.25) is 9.69 Å². The van der Waals surface area contributed by atoms with Gasteiger partial charge in [-0.2, -0.15) is 0 Å². The molecule has 1 saturated heterocycles. The molecule has 0 radical (unpaired) electrons. The fourth-order valence-electron chi connectivity index (χ4n) is 3.50. The minimum absolute atomic E-state index is 0.255. The average molecular weight is 336 g/mol. The number of amides is 1. The lowest BCUT2D eigenvalue weighted by molar-refractivity contribution is -0.168. The average Bonchev–Trinajstić information content (AvgIpc) is 3.14. The van der Waals surface area contributed by atoms with Crippen LogP contribution in [0.25, 0.3) is 0 Å². The molecule has 0 aliphatic carbocycles. The lowest BCUT2D eigenvalue weighted by Crippen LogP contribution is -2.60. The highest BCUT2D eigenvalue weighted by molar-refractivity contribution is 5.85. The van der Waals surface area contributed by atoms with Crippen LogP contribution in [-0.4, -0.2) is 50.8 Å². The van der Waals surface area contributed by atoms with E-state index in [2.05, 4.69) is 9.88 Å². The number of aryl methyl sites for hydroxylation is 1. The number of furan rings is 1. The molecule has 1 fully saturated rings. The highest BCUT2D eigenvalue weighted by Gasteiger charge is 2.49. The first kappa shape index (κ1) is 15.3. The van der Waals surface area contributed by atoms with Gasteiger partial charge in [0.15, 0.2) is 0 Å². The molecule has 4 rings (SSSR count). The fraction of sp³-hybridized carbons (Fsp3) is 0.500. The third-order valence-corrected chi connectivity index (χ3v) is 4.62. The molecule has 1 amide bonds. The Morgan fingerprint density at radius 3 is 2.92 bits per heavy atom. The smallest absolute Gasteiger partial charge is 0.282 e. The molecule has 0 bridgehead atoms. The SMILES string of the molecule is Cn1cnc2c1[C@@H](C(=O)N1CC(F)(F)C1)CN(Cc1ccco1)C2. The van der Waals surface area contributed by atoms with E-state index >= 15 is 0 Å². The second-order valence-electron chi connectivity index (χ2n) is 6.54. The molecule has 8 heteroatoms. The van der Waals surface area contributed by atoms with Crippen molar-refractivity contribution in [3.05, 3.63) is 41.9 Å². The van der Waals surface area contributed by atoms with Crippen molar-refractivity contribution in [1.82, 2.24) is 19.4 Å². The van der Waals surface area contributed by atoms with E-state index in [1.165, 1.54) is 4.90 Å². The number of hydrogen-bond donors (Lipinski definition) is 0. The third-order valence-electron chi connectivity index (χ3n) is 4.62. The van der Waals surface area contributed by atoms with Crippen LogP contribution in [0, 0.1) is 0 Å². The predicted molar refractivity (Wildman–Crippen MR) is 80.3 cm³/mol. The van der Waals surface area contributed by atoms with Gasteiger partial charge in [-0.1, -0.05) is 0 Å². The van der Waals surface area contributed by atoms with Crippen LogP contribution >= 0.6 is 0 Å². The molecule has 2 aliphatic heterocycles. The molecule has 2 aromatic heterocycles. The van der Waals surface area contributed by atoms with Crippen LogP contribution in [0.3, 0.4) is 0 Å². The number of rotatable bonds is 3. The number of hydrogen-bond acceptors (Lipinski definition) is 4. The van der Waals surface area contributed by atoms with Crippen LogP contribution in [0.15, 0.2) is 29.1 Å². The second-order valence-corrected chi connectivity index (χ2v) is 6.54. The number of nitrogens with zero attached hydrogens (tertiary/aromatic N) is 4. The van der Waals surface area contributed by atoms with Crippen LogP contribution in [0.4, 0.5) is 8.78 Å². The number of likely N-dealkylation sites (tertiary alicyclic amines) is 1. The zero-order chi connectivity index (χ0) is 16.9. The molecular weight excluding hydrogens is 318 g/mol. The first-order valence-electron chi connectivity index (χ1n) is 7.84. The maximum absolute atomic E-state index is 13.1. The van der Waals surface area contributed by atoms with Crippen molar-refractivity contribution in [3.8, 4) is 0 Å². The molecule has 128 valence electrons. The Balaban J connectivity index is 1.57. The van der Waals surface area contributed by atoms with Crippen molar-refractivity contribution in [2.75, 3.05) is 19.6 Å². The van der Waals surface area contributed by atoms with Gasteiger partial charge in [-0.15, -0.1) is 0 Å². The van der Waals surface area contributed by atoms with Crippen molar-refractivity contribution in [2.24, 2.45) is 7.05 Å². The first-order chi connectivity index (χ1) is 11.4. The molecule has 0 aromatic carbocycles. The molecule has 24 heavy (non-hydrogen) atoms. The third kappa shape index (κ3) is 2.60. The summed E-state index contributed by atoms with van der Waals surface area (Å²) in [6, 6.07) is 3.69. The summed E-state index contributed by atoms with van der Waals surface area (Å²) in [4.78, 5) is 20.4. The maximum atomic E-state index is 13.1. The topological polar surface area (TPSA) is 54.5 Å². The van der Waals surface area contributed by atoms with Crippen molar-refractivity contribution in [3.63, 3.8) is 0 Å². The highest BCUT2D eigenvalue weighted by Crippen LogP contribution is 2.34. The van der Waals surface area contributed by atoms with Gasteiger partial charge in [0.1, 0.15) is 5.76 Å². The molecular formula is C16H18F2N4O2. The van der Waals surface area contributed by atoms with Crippen LogP contribution in [0.5, 0.6) is 0 Å². The normalized spacial score (nSPS) is 23.0. The Hall–Kier alpha value is -2.22. The monoisotopic (exact) mass is 336 g/mol. The lowest BCUT2D eigenvalue weighted by Gasteiger charge is -2.42. The van der Waals surface area contributed by atoms with Gasteiger partial charge < -0.3 is 13.9 Å². The van der Waals surface area contributed by atoms with Gasteiger partial charge in [0, 0.05) is 20.1 Å². The lowest BCUT2D eigenvalue weighted by atomic mass is 9.94. The predicted octanol–water partition coefficient (Wildman–Crippen LogP) is 1.59. The molecule has 2 aliphatic rings. The summed E-state index contributed by atoms with van der Waals surface area (Å²) >= 11 is 0. The van der Waals surface area contributed by atoms with E-state index in [1.807, 2.05) is 23.7 Å². The Labute approximate surface area is 137 Å². The van der Waals surface area contributed by atoms with Gasteiger partial charge in [0.25, 0.3) is 5.92 Å². The number of halogens is 2. The summed E-state index contributed by atoms with van der Waals surface area (Å²) < 4.78 is 33.4. The second kappa shape index (κ2) is 5.41. The van der Waals surface area contributed by atoms with E-state index in [0.29, 0.717) is 19.6 Å². The number of aromatic nitrogens is 2. The van der Waals surface area contributed by atoms with E-state index < -0.39 is 24.9 Å². The summed E-state index contributed by atoms with van der Waals surface area (Å²) in [5.74, 6) is -2.69. The molecule has 2 aromatic rings. The molecule has 6 nitrogen and oxygen atoms in total. The van der Waals surface area contributed by atoms with Gasteiger partial charge in [-0.25, -0.2) is 13.8 Å². The number of fused-ring (bicyclic) bond motifs is 1. The standard InChI is InChI=1S/C16H18F2N4O2/c1-20-10-19-13-7-21(5-11-3-2-4-24-11)6-12(14(13)20)15(23)22-8-16(17,18)9-22/h2-4,10,12H,5-9H2,1H3/t12-/m0/s1. The maximum Gasteiger partial charge on any atom is 0.282 e. The minimum Gasteiger partial charge on any atom is -0.468 e. The Bertz CT molecular complexity index is 748. The minimum atomic E-state index is -2.76. The number of carbonyl (C=O) groups excluding carboxylic acids is 1. The number of imidazole rings is 1. The summed E-state index contributed by atoms with van der Waals surface area (Å²) in [6.07, 6.45) is 3.28. The Morgan fingerprint density at radius 1 is 1.46 bits per heavy atom. The van der Waals surface area contributed by atoms with Crippen LogP contribution in [0.2, 0.25) is 0 Å². The van der Waals surface area contributed by atoms with Crippen molar-refractivity contribution in [1.29, 1.82) is 0 Å². The van der Waals surface area contributed by atoms with Crippen molar-refractivity contribution in [2.45, 2.75) is 24.9 Å². The van der Waals surface area contributed by atoms with Gasteiger partial charge >= 0.3 is 0 Å². The molecule has 4 heterocycles. The quantitative estimate of drug-likeness (QED) is 0.854. The number of alkyl halides is 2. The Morgan fingerprint density at radius 2 is 2.25 bits per heavy atom. The van der Waals surface area contributed by atoms with Crippen molar-refractivity contribution < 1.29 is 18.0 Å². The zero-order valence-electron chi connectivity index (χ0n) is 13.3. The molecule has 1 atom stereocenters. The molecule has 0 N–H and O–H groups in total. The molecule has 0 unspecified atom stereocenters. The summed E-state index contributed by atoms with van der Waals surface area (Å²) in [7, 11) is 1.83. The summed E-state index contributed by atoms with van der Waals surface area (Å²) in [6.45, 7) is 0.648.